The molecule has 1 amide bonds. The number of rotatable bonds is 0. The predicted molar refractivity (Wildman–Crippen MR) is 77.2 cm³/mol. The Balaban J connectivity index is 2.03. The summed E-state index contributed by atoms with van der Waals surface area (Å²) in [6, 6.07) is 0.126. The molecular weight excluding hydrogens is 256 g/mol. The van der Waals surface area contributed by atoms with Gasteiger partial charge in [0.1, 0.15) is 0 Å². The standard InChI is InChI=1S/C14H26N4O2/c15-9-11-10-20-13-6-2-1-5-12(13)17-14(19)7-3-4-8-18(11)16/h9,12-13H,1-8,10,15-16H2,(H,17,19)/b11-9-. The largest absolute Gasteiger partial charge is 0.403 e. The number of ether oxygens (including phenoxy) is 1. The van der Waals surface area contributed by atoms with E-state index >= 15 is 0 Å². The summed E-state index contributed by atoms with van der Waals surface area (Å²) in [5.74, 6) is 6.11. The van der Waals surface area contributed by atoms with Crippen LogP contribution in [0.3, 0.4) is 0 Å². The van der Waals surface area contributed by atoms with Crippen molar-refractivity contribution in [1.82, 2.24) is 10.3 Å². The van der Waals surface area contributed by atoms with E-state index in [0.717, 1.165) is 44.2 Å². The first-order valence-electron chi connectivity index (χ1n) is 7.54. The van der Waals surface area contributed by atoms with Crippen LogP contribution in [0.25, 0.3) is 0 Å². The van der Waals surface area contributed by atoms with Gasteiger partial charge in [-0.05, 0) is 25.7 Å². The van der Waals surface area contributed by atoms with Gasteiger partial charge in [-0.1, -0.05) is 12.8 Å². The van der Waals surface area contributed by atoms with E-state index in [1.54, 1.807) is 5.01 Å². The molecule has 1 aliphatic carbocycles. The molecule has 0 radical (unpaired) electrons. The van der Waals surface area contributed by atoms with Crippen LogP contribution in [0.4, 0.5) is 0 Å². The second-order valence-electron chi connectivity index (χ2n) is 5.62. The summed E-state index contributed by atoms with van der Waals surface area (Å²) in [5, 5.41) is 4.76. The summed E-state index contributed by atoms with van der Waals surface area (Å²) in [4.78, 5) is 11.9. The Morgan fingerprint density at radius 2 is 2.05 bits per heavy atom. The van der Waals surface area contributed by atoms with Crippen LogP contribution in [-0.2, 0) is 9.53 Å². The lowest BCUT2D eigenvalue weighted by Crippen LogP contribution is -2.47. The third-order valence-electron chi connectivity index (χ3n) is 4.11. The van der Waals surface area contributed by atoms with Gasteiger partial charge in [0.25, 0.3) is 0 Å². The van der Waals surface area contributed by atoms with E-state index < -0.39 is 0 Å². The molecule has 1 aliphatic heterocycles. The van der Waals surface area contributed by atoms with Crippen molar-refractivity contribution in [3.63, 3.8) is 0 Å². The highest BCUT2D eigenvalue weighted by Gasteiger charge is 2.27. The summed E-state index contributed by atoms with van der Waals surface area (Å²) < 4.78 is 5.96. The Bertz CT molecular complexity index is 359. The topological polar surface area (TPSA) is 93.6 Å². The van der Waals surface area contributed by atoms with Gasteiger partial charge in [0.2, 0.25) is 5.91 Å². The molecule has 2 atom stereocenters. The second kappa shape index (κ2) is 7.50. The van der Waals surface area contributed by atoms with Crippen molar-refractivity contribution in [1.29, 1.82) is 0 Å². The van der Waals surface area contributed by atoms with Crippen LogP contribution in [0, 0.1) is 0 Å². The quantitative estimate of drug-likeness (QED) is 0.565. The molecule has 6 heteroatoms. The summed E-state index contributed by atoms with van der Waals surface area (Å²) in [6.07, 6.45) is 8.11. The monoisotopic (exact) mass is 282 g/mol. The van der Waals surface area contributed by atoms with Gasteiger partial charge in [0.05, 0.1) is 24.4 Å². The molecule has 0 aromatic rings. The molecule has 2 rings (SSSR count). The number of fused-ring (bicyclic) bond motifs is 1. The first-order valence-corrected chi connectivity index (χ1v) is 7.54. The fraction of sp³-hybridized carbons (Fsp3) is 0.786. The highest BCUT2D eigenvalue weighted by molar-refractivity contribution is 5.76. The fourth-order valence-electron chi connectivity index (χ4n) is 2.87. The first-order chi connectivity index (χ1) is 9.70. The molecule has 1 saturated carbocycles. The molecule has 2 fully saturated rings. The molecule has 1 saturated heterocycles. The van der Waals surface area contributed by atoms with Crippen molar-refractivity contribution >= 4 is 5.91 Å². The number of nitrogens with zero attached hydrogens (tertiary/aromatic N) is 1. The Morgan fingerprint density at radius 3 is 2.85 bits per heavy atom. The van der Waals surface area contributed by atoms with Gasteiger partial charge >= 0.3 is 0 Å². The van der Waals surface area contributed by atoms with Crippen molar-refractivity contribution in [2.24, 2.45) is 11.6 Å². The van der Waals surface area contributed by atoms with Crippen LogP contribution < -0.4 is 16.9 Å². The summed E-state index contributed by atoms with van der Waals surface area (Å²) >= 11 is 0. The van der Waals surface area contributed by atoms with Crippen molar-refractivity contribution < 1.29 is 9.53 Å². The molecule has 20 heavy (non-hydrogen) atoms. The van der Waals surface area contributed by atoms with Crippen molar-refractivity contribution in [3.05, 3.63) is 11.9 Å². The van der Waals surface area contributed by atoms with Crippen molar-refractivity contribution in [3.8, 4) is 0 Å². The zero-order valence-corrected chi connectivity index (χ0v) is 12.0. The number of carbonyl (C=O) groups is 1. The highest BCUT2D eigenvalue weighted by atomic mass is 16.5. The zero-order chi connectivity index (χ0) is 14.4. The minimum Gasteiger partial charge on any atom is -0.403 e. The maximum Gasteiger partial charge on any atom is 0.220 e. The van der Waals surface area contributed by atoms with Crippen LogP contribution in [0.15, 0.2) is 11.9 Å². The van der Waals surface area contributed by atoms with Crippen LogP contribution in [0.5, 0.6) is 0 Å². The van der Waals surface area contributed by atoms with E-state index in [4.69, 9.17) is 16.3 Å². The maximum absolute atomic E-state index is 11.9. The number of carbonyl (C=O) groups excluding carboxylic acids is 1. The second-order valence-corrected chi connectivity index (χ2v) is 5.62. The predicted octanol–water partition coefficient (Wildman–Crippen LogP) is 0.590. The SMILES string of the molecule is N/C=C1/COC2CCCCC2NC(=O)CCCCN1N. The number of hydrogen-bond donors (Lipinski definition) is 3. The Hall–Kier alpha value is -1.27. The molecule has 5 N–H and O–H groups in total. The van der Waals surface area contributed by atoms with Gasteiger partial charge in [0, 0.05) is 19.2 Å². The van der Waals surface area contributed by atoms with Crippen molar-refractivity contribution in [2.45, 2.75) is 57.1 Å². The summed E-state index contributed by atoms with van der Waals surface area (Å²) in [6.45, 7) is 1.10. The zero-order valence-electron chi connectivity index (χ0n) is 12.0. The number of nitrogens with one attached hydrogen (secondary N) is 1. The summed E-state index contributed by atoms with van der Waals surface area (Å²) in [5.41, 5.74) is 6.44. The van der Waals surface area contributed by atoms with Crippen LogP contribution in [-0.4, -0.2) is 36.2 Å². The maximum atomic E-state index is 11.9. The molecule has 2 unspecified atom stereocenters. The lowest BCUT2D eigenvalue weighted by atomic mass is 9.92. The number of hydrazine groups is 1. The first kappa shape index (κ1) is 15.1. The average Bonchev–Trinajstić information content (AvgIpc) is 2.44. The van der Waals surface area contributed by atoms with E-state index in [2.05, 4.69) is 5.32 Å². The molecule has 6 nitrogen and oxygen atoms in total. The fourth-order valence-corrected chi connectivity index (χ4v) is 2.87. The van der Waals surface area contributed by atoms with Gasteiger partial charge in [-0.15, -0.1) is 0 Å². The Kier molecular flexibility index (Phi) is 5.67. The normalized spacial score (nSPS) is 31.9. The van der Waals surface area contributed by atoms with Crippen molar-refractivity contribution in [2.75, 3.05) is 13.2 Å². The lowest BCUT2D eigenvalue weighted by molar-refractivity contribution is -0.123. The minimum absolute atomic E-state index is 0.0653. The van der Waals surface area contributed by atoms with E-state index in [0.29, 0.717) is 19.6 Å². The van der Waals surface area contributed by atoms with Gasteiger partial charge in [-0.25, -0.2) is 5.84 Å². The van der Waals surface area contributed by atoms with E-state index in [1.165, 1.54) is 6.20 Å². The highest BCUT2D eigenvalue weighted by Crippen LogP contribution is 2.22. The van der Waals surface area contributed by atoms with E-state index in [1.807, 2.05) is 0 Å². The molecule has 0 bridgehead atoms. The number of nitrogens with two attached hydrogens (primary N) is 2. The minimum atomic E-state index is 0.0653. The Labute approximate surface area is 120 Å². The lowest BCUT2D eigenvalue weighted by Gasteiger charge is -2.33. The van der Waals surface area contributed by atoms with E-state index in [-0.39, 0.29) is 18.1 Å². The van der Waals surface area contributed by atoms with Crippen LogP contribution >= 0.6 is 0 Å². The number of amides is 1. The molecule has 0 aromatic heterocycles. The van der Waals surface area contributed by atoms with E-state index in [9.17, 15) is 4.79 Å². The molecule has 114 valence electrons. The molecule has 0 aromatic carbocycles. The number of hydrogen-bond acceptors (Lipinski definition) is 5. The van der Waals surface area contributed by atoms with Gasteiger partial charge < -0.3 is 20.8 Å². The molecular formula is C14H26N4O2. The molecule has 2 aliphatic rings. The average molecular weight is 282 g/mol. The molecule has 0 spiro atoms. The molecule has 1 heterocycles. The van der Waals surface area contributed by atoms with Gasteiger partial charge in [0.15, 0.2) is 0 Å². The third-order valence-corrected chi connectivity index (χ3v) is 4.11. The Morgan fingerprint density at radius 1 is 1.25 bits per heavy atom. The van der Waals surface area contributed by atoms with Gasteiger partial charge in [-0.2, -0.15) is 0 Å². The third kappa shape index (κ3) is 4.11. The smallest absolute Gasteiger partial charge is 0.220 e. The summed E-state index contributed by atoms with van der Waals surface area (Å²) in [7, 11) is 0. The van der Waals surface area contributed by atoms with Gasteiger partial charge in [-0.3, -0.25) is 4.79 Å². The van der Waals surface area contributed by atoms with Crippen LogP contribution in [0.1, 0.15) is 44.9 Å². The van der Waals surface area contributed by atoms with Crippen LogP contribution in [0.2, 0.25) is 0 Å².